The lowest BCUT2D eigenvalue weighted by molar-refractivity contribution is -0.125. The fourth-order valence-corrected chi connectivity index (χ4v) is 1.42. The molecule has 4 N–H and O–H groups in total. The lowest BCUT2D eigenvalue weighted by atomic mass is 10.1. The number of aliphatic hydroxyl groups excluding tert-OH is 1. The van der Waals surface area contributed by atoms with Gasteiger partial charge in [0.15, 0.2) is 0 Å². The fraction of sp³-hybridized carbons (Fsp3) is 0.417. The lowest BCUT2D eigenvalue weighted by Gasteiger charge is -2.13. The molecule has 102 valence electrons. The van der Waals surface area contributed by atoms with Crippen LogP contribution in [0.25, 0.3) is 0 Å². The number of carbonyl (C=O) groups excluding carboxylic acids is 1. The summed E-state index contributed by atoms with van der Waals surface area (Å²) in [7, 11) is 1.45. The monoisotopic (exact) mass is 274 g/mol. The molecule has 0 heterocycles. The number of amides is 1. The van der Waals surface area contributed by atoms with Gasteiger partial charge in [0.2, 0.25) is 0 Å². The van der Waals surface area contributed by atoms with Gasteiger partial charge in [-0.3, -0.25) is 4.79 Å². The topological polar surface area (TPSA) is 84.6 Å². The van der Waals surface area contributed by atoms with Gasteiger partial charge in [-0.25, -0.2) is 0 Å². The first-order valence-corrected chi connectivity index (χ1v) is 5.44. The second-order valence-corrected chi connectivity index (χ2v) is 3.62. The highest BCUT2D eigenvalue weighted by atomic mass is 35.5. The summed E-state index contributed by atoms with van der Waals surface area (Å²) in [5.74, 6) is -0.259. The summed E-state index contributed by atoms with van der Waals surface area (Å²) in [5, 5.41) is 11.5. The van der Waals surface area contributed by atoms with Gasteiger partial charge in [0, 0.05) is 25.9 Å². The number of ether oxygens (including phenoxy) is 1. The van der Waals surface area contributed by atoms with E-state index in [2.05, 4.69) is 5.32 Å². The van der Waals surface area contributed by atoms with Crippen LogP contribution in [0.2, 0.25) is 0 Å². The predicted octanol–water partition coefficient (Wildman–Crippen LogP) is 0.555. The van der Waals surface area contributed by atoms with Gasteiger partial charge >= 0.3 is 0 Å². The molecule has 0 radical (unpaired) electrons. The minimum Gasteiger partial charge on any atom is -0.396 e. The van der Waals surface area contributed by atoms with Crippen LogP contribution in [-0.2, 0) is 16.0 Å². The third-order valence-corrected chi connectivity index (χ3v) is 2.41. The SMILES string of the molecule is COC(CN)C(=O)Nc1ccc(CCO)cc1.Cl. The maximum atomic E-state index is 11.6. The molecule has 1 amide bonds. The first-order valence-electron chi connectivity index (χ1n) is 5.44. The van der Waals surface area contributed by atoms with E-state index in [9.17, 15) is 4.79 Å². The van der Waals surface area contributed by atoms with Gasteiger partial charge in [0.1, 0.15) is 6.10 Å². The number of nitrogens with one attached hydrogen (secondary N) is 1. The van der Waals surface area contributed by atoms with Crippen LogP contribution >= 0.6 is 12.4 Å². The molecule has 0 saturated carbocycles. The van der Waals surface area contributed by atoms with Gasteiger partial charge in [-0.1, -0.05) is 12.1 Å². The number of hydrogen-bond donors (Lipinski definition) is 3. The number of carbonyl (C=O) groups is 1. The van der Waals surface area contributed by atoms with E-state index in [-0.39, 0.29) is 31.5 Å². The molecule has 18 heavy (non-hydrogen) atoms. The maximum absolute atomic E-state index is 11.6. The first kappa shape index (κ1) is 16.9. The van der Waals surface area contributed by atoms with E-state index in [1.54, 1.807) is 12.1 Å². The predicted molar refractivity (Wildman–Crippen MR) is 73.0 cm³/mol. The molecular formula is C12H19ClN2O3. The van der Waals surface area contributed by atoms with Crippen molar-refractivity contribution in [2.75, 3.05) is 25.6 Å². The van der Waals surface area contributed by atoms with Crippen molar-refractivity contribution in [3.05, 3.63) is 29.8 Å². The van der Waals surface area contributed by atoms with Crippen LogP contribution in [0.3, 0.4) is 0 Å². The number of methoxy groups -OCH3 is 1. The average molecular weight is 275 g/mol. The molecule has 0 bridgehead atoms. The summed E-state index contributed by atoms with van der Waals surface area (Å²) in [6.45, 7) is 0.259. The van der Waals surface area contributed by atoms with Gasteiger partial charge < -0.3 is 20.9 Å². The van der Waals surface area contributed by atoms with E-state index in [1.807, 2.05) is 12.1 Å². The number of halogens is 1. The van der Waals surface area contributed by atoms with Crippen molar-refractivity contribution in [1.82, 2.24) is 0 Å². The summed E-state index contributed by atoms with van der Waals surface area (Å²) in [4.78, 5) is 11.6. The van der Waals surface area contributed by atoms with Crippen LogP contribution in [0.5, 0.6) is 0 Å². The Morgan fingerprint density at radius 3 is 2.50 bits per heavy atom. The number of nitrogens with two attached hydrogens (primary N) is 1. The summed E-state index contributed by atoms with van der Waals surface area (Å²) < 4.78 is 4.93. The molecule has 1 aromatic carbocycles. The van der Waals surface area contributed by atoms with Crippen LogP contribution in [0.4, 0.5) is 5.69 Å². The van der Waals surface area contributed by atoms with Crippen LogP contribution in [-0.4, -0.2) is 37.4 Å². The summed E-state index contributed by atoms with van der Waals surface area (Å²) in [6, 6.07) is 7.28. The Morgan fingerprint density at radius 1 is 1.44 bits per heavy atom. The van der Waals surface area contributed by atoms with Crippen LogP contribution < -0.4 is 11.1 Å². The lowest BCUT2D eigenvalue weighted by Crippen LogP contribution is -2.35. The molecule has 0 aromatic heterocycles. The van der Waals surface area contributed by atoms with Crippen molar-refractivity contribution in [2.45, 2.75) is 12.5 Å². The number of benzene rings is 1. The Morgan fingerprint density at radius 2 is 2.06 bits per heavy atom. The Balaban J connectivity index is 0.00000289. The van der Waals surface area contributed by atoms with E-state index in [1.165, 1.54) is 7.11 Å². The molecule has 0 fully saturated rings. The minimum atomic E-state index is -0.632. The van der Waals surface area contributed by atoms with Gasteiger partial charge in [-0.15, -0.1) is 12.4 Å². The molecule has 1 atom stereocenters. The molecule has 0 spiro atoms. The average Bonchev–Trinajstić information content (AvgIpc) is 2.33. The third-order valence-electron chi connectivity index (χ3n) is 2.41. The van der Waals surface area contributed by atoms with E-state index >= 15 is 0 Å². The number of anilines is 1. The highest BCUT2D eigenvalue weighted by Crippen LogP contribution is 2.10. The third kappa shape index (κ3) is 5.01. The molecule has 1 aromatic rings. The molecule has 0 aliphatic carbocycles. The van der Waals surface area contributed by atoms with Crippen LogP contribution in [0.1, 0.15) is 5.56 Å². The van der Waals surface area contributed by atoms with Gasteiger partial charge in [0.25, 0.3) is 5.91 Å². The Kier molecular flexibility index (Phi) is 8.32. The maximum Gasteiger partial charge on any atom is 0.254 e. The number of aliphatic hydroxyl groups is 1. The van der Waals surface area contributed by atoms with Crippen molar-refractivity contribution in [1.29, 1.82) is 0 Å². The highest BCUT2D eigenvalue weighted by Gasteiger charge is 2.15. The summed E-state index contributed by atoms with van der Waals surface area (Å²) >= 11 is 0. The summed E-state index contributed by atoms with van der Waals surface area (Å²) in [6.07, 6.45) is -0.0234. The molecule has 5 nitrogen and oxygen atoms in total. The van der Waals surface area contributed by atoms with Gasteiger partial charge in [-0.05, 0) is 24.1 Å². The Hall–Kier alpha value is -1.14. The van der Waals surface area contributed by atoms with Crippen LogP contribution in [0, 0.1) is 0 Å². The molecule has 1 unspecified atom stereocenters. The first-order chi connectivity index (χ1) is 8.21. The zero-order chi connectivity index (χ0) is 12.7. The normalized spacial score (nSPS) is 11.5. The molecule has 0 aliphatic heterocycles. The second-order valence-electron chi connectivity index (χ2n) is 3.62. The Labute approximate surface area is 113 Å². The minimum absolute atomic E-state index is 0. The van der Waals surface area contributed by atoms with E-state index in [4.69, 9.17) is 15.6 Å². The largest absolute Gasteiger partial charge is 0.396 e. The Bertz CT molecular complexity index is 353. The van der Waals surface area contributed by atoms with Gasteiger partial charge in [-0.2, -0.15) is 0 Å². The quantitative estimate of drug-likeness (QED) is 0.707. The zero-order valence-electron chi connectivity index (χ0n) is 10.3. The molecular weight excluding hydrogens is 256 g/mol. The van der Waals surface area contributed by atoms with E-state index in [0.29, 0.717) is 12.1 Å². The number of hydrogen-bond acceptors (Lipinski definition) is 4. The van der Waals surface area contributed by atoms with Gasteiger partial charge in [0.05, 0.1) is 0 Å². The van der Waals surface area contributed by atoms with E-state index in [0.717, 1.165) is 5.56 Å². The van der Waals surface area contributed by atoms with Crippen molar-refractivity contribution in [3.63, 3.8) is 0 Å². The molecule has 0 aliphatic rings. The van der Waals surface area contributed by atoms with Crippen molar-refractivity contribution >= 4 is 24.0 Å². The standard InChI is InChI=1S/C12H18N2O3.ClH/c1-17-11(8-13)12(16)14-10-4-2-9(3-5-10)6-7-15;/h2-5,11,15H,6-8,13H2,1H3,(H,14,16);1H. The second kappa shape index (κ2) is 8.88. The van der Waals surface area contributed by atoms with Crippen molar-refractivity contribution < 1.29 is 14.6 Å². The highest BCUT2D eigenvalue weighted by molar-refractivity contribution is 5.94. The van der Waals surface area contributed by atoms with Crippen LogP contribution in [0.15, 0.2) is 24.3 Å². The molecule has 0 saturated heterocycles. The molecule has 6 heteroatoms. The fourth-order valence-electron chi connectivity index (χ4n) is 1.42. The molecule has 1 rings (SSSR count). The zero-order valence-corrected chi connectivity index (χ0v) is 11.1. The van der Waals surface area contributed by atoms with Crippen molar-refractivity contribution in [2.24, 2.45) is 5.73 Å². The smallest absolute Gasteiger partial charge is 0.254 e. The summed E-state index contributed by atoms with van der Waals surface area (Å²) in [5.41, 5.74) is 7.10. The van der Waals surface area contributed by atoms with Crippen molar-refractivity contribution in [3.8, 4) is 0 Å². The van der Waals surface area contributed by atoms with E-state index < -0.39 is 6.10 Å². The number of rotatable bonds is 6.